The van der Waals surface area contributed by atoms with Gasteiger partial charge in [-0.2, -0.15) is 0 Å². The molecule has 0 fully saturated rings. The number of nitrogen functional groups attached to an aromatic ring is 1. The molecule has 1 aromatic heterocycles. The molecular formula is C11H11BrFN3. The van der Waals surface area contributed by atoms with Crippen LogP contribution in [-0.4, -0.2) is 4.98 Å². The topological polar surface area (TPSA) is 50.9 Å². The predicted octanol–water partition coefficient (Wildman–Crippen LogP) is 2.98. The van der Waals surface area contributed by atoms with Crippen LogP contribution in [0.2, 0.25) is 0 Å². The van der Waals surface area contributed by atoms with Crippen LogP contribution in [0.5, 0.6) is 0 Å². The monoisotopic (exact) mass is 283 g/mol. The van der Waals surface area contributed by atoms with Crippen LogP contribution < -0.4 is 11.3 Å². The zero-order valence-corrected chi connectivity index (χ0v) is 10.3. The van der Waals surface area contributed by atoms with Crippen molar-refractivity contribution >= 4 is 32.7 Å². The second-order valence-electron chi connectivity index (χ2n) is 3.45. The fraction of sp³-hybridized carbons (Fsp3) is 0.182. The van der Waals surface area contributed by atoms with E-state index in [9.17, 15) is 4.39 Å². The van der Waals surface area contributed by atoms with Gasteiger partial charge in [0.1, 0.15) is 11.6 Å². The lowest BCUT2D eigenvalue weighted by Crippen LogP contribution is -2.11. The molecule has 2 aromatic rings. The van der Waals surface area contributed by atoms with Crippen LogP contribution >= 0.6 is 15.9 Å². The molecule has 0 bridgehead atoms. The third-order valence-electron chi connectivity index (χ3n) is 2.45. The van der Waals surface area contributed by atoms with Crippen LogP contribution in [0.4, 0.5) is 10.2 Å². The molecule has 1 aromatic carbocycles. The highest BCUT2D eigenvalue weighted by Crippen LogP contribution is 2.25. The summed E-state index contributed by atoms with van der Waals surface area (Å²) in [4.78, 5) is 4.27. The Bertz CT molecular complexity index is 494. The zero-order chi connectivity index (χ0) is 11.7. The highest BCUT2D eigenvalue weighted by Gasteiger charge is 2.07. The van der Waals surface area contributed by atoms with E-state index < -0.39 is 0 Å². The van der Waals surface area contributed by atoms with Gasteiger partial charge >= 0.3 is 0 Å². The second kappa shape index (κ2) is 4.35. The molecule has 2 rings (SSSR count). The Morgan fingerprint density at radius 1 is 1.44 bits per heavy atom. The number of hydrogen-bond donors (Lipinski definition) is 2. The molecule has 0 saturated heterocycles. The van der Waals surface area contributed by atoms with Gasteiger partial charge in [-0.3, -0.25) is 0 Å². The summed E-state index contributed by atoms with van der Waals surface area (Å²) in [6.45, 7) is 2.02. The SMILES string of the molecule is CCc1cc2cc(Br)c(F)cc2nc1NN. The minimum atomic E-state index is -0.327. The van der Waals surface area contributed by atoms with E-state index in [4.69, 9.17) is 5.84 Å². The van der Waals surface area contributed by atoms with Gasteiger partial charge in [0, 0.05) is 11.5 Å². The molecule has 0 amide bonds. The number of benzene rings is 1. The van der Waals surface area contributed by atoms with Crippen molar-refractivity contribution in [1.29, 1.82) is 0 Å². The van der Waals surface area contributed by atoms with Gasteiger partial charge in [-0.15, -0.1) is 0 Å². The van der Waals surface area contributed by atoms with E-state index in [0.29, 0.717) is 15.8 Å². The highest BCUT2D eigenvalue weighted by molar-refractivity contribution is 9.10. The first-order valence-corrected chi connectivity index (χ1v) is 5.70. The molecule has 0 radical (unpaired) electrons. The third-order valence-corrected chi connectivity index (χ3v) is 3.06. The number of nitrogens with two attached hydrogens (primary N) is 1. The standard InChI is InChI=1S/C11H11BrFN3/c1-2-6-3-7-4-8(12)9(13)5-10(7)15-11(6)16-14/h3-5H,2,14H2,1H3,(H,15,16). The van der Waals surface area contributed by atoms with Crippen LogP contribution in [0.25, 0.3) is 10.9 Å². The molecule has 1 heterocycles. The largest absolute Gasteiger partial charge is 0.308 e. The van der Waals surface area contributed by atoms with Crippen molar-refractivity contribution in [2.75, 3.05) is 5.43 Å². The lowest BCUT2D eigenvalue weighted by Gasteiger charge is -2.08. The summed E-state index contributed by atoms with van der Waals surface area (Å²) in [6.07, 6.45) is 0.817. The van der Waals surface area contributed by atoms with Gasteiger partial charge in [0.15, 0.2) is 0 Å². The van der Waals surface area contributed by atoms with Crippen molar-refractivity contribution in [3.05, 3.63) is 34.1 Å². The fourth-order valence-corrected chi connectivity index (χ4v) is 1.97. The summed E-state index contributed by atoms with van der Waals surface area (Å²) in [5.41, 5.74) is 4.12. The number of pyridine rings is 1. The predicted molar refractivity (Wildman–Crippen MR) is 66.6 cm³/mol. The van der Waals surface area contributed by atoms with Crippen molar-refractivity contribution in [2.24, 2.45) is 5.84 Å². The minimum absolute atomic E-state index is 0.327. The lowest BCUT2D eigenvalue weighted by molar-refractivity contribution is 0.623. The normalized spacial score (nSPS) is 10.8. The first-order chi connectivity index (χ1) is 7.65. The van der Waals surface area contributed by atoms with Gasteiger partial charge in [0.05, 0.1) is 9.99 Å². The van der Waals surface area contributed by atoms with Gasteiger partial charge in [-0.1, -0.05) is 6.92 Å². The molecule has 0 aliphatic rings. The summed E-state index contributed by atoms with van der Waals surface area (Å²) in [6, 6.07) is 5.07. The molecule has 3 nitrogen and oxygen atoms in total. The van der Waals surface area contributed by atoms with Crippen molar-refractivity contribution in [3.8, 4) is 0 Å². The van der Waals surface area contributed by atoms with Gasteiger partial charge in [-0.05, 0) is 40.0 Å². The summed E-state index contributed by atoms with van der Waals surface area (Å²) >= 11 is 3.16. The number of nitrogens with zero attached hydrogens (tertiary/aromatic N) is 1. The van der Waals surface area contributed by atoms with E-state index in [-0.39, 0.29) is 5.82 Å². The Kier molecular flexibility index (Phi) is 3.07. The number of aromatic nitrogens is 1. The number of halogens is 2. The molecule has 3 N–H and O–H groups in total. The van der Waals surface area contributed by atoms with Crippen LogP contribution in [0.3, 0.4) is 0 Å². The maximum absolute atomic E-state index is 13.3. The van der Waals surface area contributed by atoms with Gasteiger partial charge in [0.2, 0.25) is 0 Å². The van der Waals surface area contributed by atoms with Crippen LogP contribution in [-0.2, 0) is 6.42 Å². The summed E-state index contributed by atoms with van der Waals surface area (Å²) in [7, 11) is 0. The Hall–Kier alpha value is -1.20. The van der Waals surface area contributed by atoms with Crippen molar-refractivity contribution in [3.63, 3.8) is 0 Å². The molecule has 0 atom stereocenters. The third kappa shape index (κ3) is 1.88. The number of hydrogen-bond acceptors (Lipinski definition) is 3. The number of aryl methyl sites for hydroxylation is 1. The first-order valence-electron chi connectivity index (χ1n) is 4.91. The van der Waals surface area contributed by atoms with E-state index in [2.05, 4.69) is 26.3 Å². The van der Waals surface area contributed by atoms with E-state index in [1.54, 1.807) is 6.07 Å². The minimum Gasteiger partial charge on any atom is -0.308 e. The van der Waals surface area contributed by atoms with Crippen molar-refractivity contribution < 1.29 is 4.39 Å². The molecule has 16 heavy (non-hydrogen) atoms. The molecule has 84 valence electrons. The number of anilines is 1. The maximum atomic E-state index is 13.3. The summed E-state index contributed by atoms with van der Waals surface area (Å²) in [5, 5.41) is 0.893. The zero-order valence-electron chi connectivity index (χ0n) is 8.72. The Morgan fingerprint density at radius 2 is 2.19 bits per heavy atom. The number of hydrazine groups is 1. The molecule has 0 saturated carbocycles. The molecule has 0 unspecified atom stereocenters. The van der Waals surface area contributed by atoms with Gasteiger partial charge in [-0.25, -0.2) is 15.2 Å². The summed E-state index contributed by atoms with van der Waals surface area (Å²) in [5.74, 6) is 5.64. The fourth-order valence-electron chi connectivity index (χ4n) is 1.61. The van der Waals surface area contributed by atoms with E-state index in [1.807, 2.05) is 13.0 Å². The average Bonchev–Trinajstić information content (AvgIpc) is 2.29. The van der Waals surface area contributed by atoms with E-state index in [1.165, 1.54) is 6.07 Å². The lowest BCUT2D eigenvalue weighted by atomic mass is 10.1. The number of fused-ring (bicyclic) bond motifs is 1. The van der Waals surface area contributed by atoms with E-state index >= 15 is 0 Å². The molecule has 0 aliphatic carbocycles. The molecular weight excluding hydrogens is 273 g/mol. The van der Waals surface area contributed by atoms with Crippen molar-refractivity contribution in [2.45, 2.75) is 13.3 Å². The Morgan fingerprint density at radius 3 is 2.81 bits per heavy atom. The summed E-state index contributed by atoms with van der Waals surface area (Å²) < 4.78 is 13.8. The molecule has 0 spiro atoms. The molecule has 0 aliphatic heterocycles. The highest BCUT2D eigenvalue weighted by atomic mass is 79.9. The van der Waals surface area contributed by atoms with Crippen LogP contribution in [0.15, 0.2) is 22.7 Å². The second-order valence-corrected chi connectivity index (χ2v) is 4.31. The Balaban J connectivity index is 2.73. The maximum Gasteiger partial charge on any atom is 0.143 e. The molecule has 5 heteroatoms. The number of rotatable bonds is 2. The average molecular weight is 284 g/mol. The van der Waals surface area contributed by atoms with Crippen LogP contribution in [0, 0.1) is 5.82 Å². The Labute approximate surface area is 101 Å². The smallest absolute Gasteiger partial charge is 0.143 e. The van der Waals surface area contributed by atoms with Crippen molar-refractivity contribution in [1.82, 2.24) is 4.98 Å². The van der Waals surface area contributed by atoms with Gasteiger partial charge in [0.25, 0.3) is 0 Å². The van der Waals surface area contributed by atoms with E-state index in [0.717, 1.165) is 17.4 Å². The number of nitrogens with one attached hydrogen (secondary N) is 1. The first kappa shape index (κ1) is 11.3. The van der Waals surface area contributed by atoms with Gasteiger partial charge < -0.3 is 5.43 Å². The quantitative estimate of drug-likeness (QED) is 0.658. The van der Waals surface area contributed by atoms with Crippen LogP contribution in [0.1, 0.15) is 12.5 Å².